The van der Waals surface area contributed by atoms with Gasteiger partial charge in [-0.25, -0.2) is 0 Å². The van der Waals surface area contributed by atoms with E-state index in [1.165, 1.54) is 31.7 Å². The third-order valence-corrected chi connectivity index (χ3v) is 4.09. The van der Waals surface area contributed by atoms with Crippen molar-refractivity contribution in [2.75, 3.05) is 31.5 Å². The molecule has 1 aliphatic heterocycles. The molecule has 1 saturated heterocycles. The lowest BCUT2D eigenvalue weighted by atomic mass is 10.2. The molecule has 5 nitrogen and oxygen atoms in total. The first kappa shape index (κ1) is 15.3. The van der Waals surface area contributed by atoms with Crippen LogP contribution in [0.15, 0.2) is 22.7 Å². The summed E-state index contributed by atoms with van der Waals surface area (Å²) in [5, 5.41) is 14.2. The molecular formula is C14H20BrN3O2. The zero-order valence-electron chi connectivity index (χ0n) is 11.5. The third kappa shape index (κ3) is 4.45. The van der Waals surface area contributed by atoms with Crippen molar-refractivity contribution in [1.29, 1.82) is 0 Å². The van der Waals surface area contributed by atoms with E-state index in [9.17, 15) is 10.1 Å². The van der Waals surface area contributed by atoms with E-state index in [1.54, 1.807) is 12.1 Å². The van der Waals surface area contributed by atoms with E-state index in [2.05, 4.69) is 26.1 Å². The predicted molar refractivity (Wildman–Crippen MR) is 84.2 cm³/mol. The lowest BCUT2D eigenvalue weighted by Gasteiger charge is -2.20. The van der Waals surface area contributed by atoms with Gasteiger partial charge in [0, 0.05) is 23.6 Å². The van der Waals surface area contributed by atoms with Crippen LogP contribution in [-0.2, 0) is 0 Å². The molecule has 0 unspecified atom stereocenters. The van der Waals surface area contributed by atoms with Crippen LogP contribution in [-0.4, -0.2) is 36.0 Å². The molecule has 0 aromatic heterocycles. The van der Waals surface area contributed by atoms with Crippen LogP contribution in [0, 0.1) is 10.1 Å². The van der Waals surface area contributed by atoms with E-state index in [-0.39, 0.29) is 10.6 Å². The van der Waals surface area contributed by atoms with Gasteiger partial charge in [0.25, 0.3) is 5.69 Å². The fourth-order valence-electron chi connectivity index (χ4n) is 2.52. The number of hydrogen-bond donors (Lipinski definition) is 1. The molecule has 1 heterocycles. The molecule has 0 saturated carbocycles. The third-order valence-electron chi connectivity index (χ3n) is 3.60. The van der Waals surface area contributed by atoms with E-state index in [1.807, 2.05) is 0 Å². The van der Waals surface area contributed by atoms with Crippen LogP contribution in [0.3, 0.4) is 0 Å². The number of nitrogens with zero attached hydrogens (tertiary/aromatic N) is 2. The lowest BCUT2D eigenvalue weighted by Crippen LogP contribution is -2.30. The van der Waals surface area contributed by atoms with Crippen LogP contribution in [0.1, 0.15) is 25.7 Å². The second-order valence-corrected chi connectivity index (χ2v) is 6.02. The van der Waals surface area contributed by atoms with Crippen molar-refractivity contribution in [2.45, 2.75) is 25.7 Å². The average Bonchev–Trinajstić information content (AvgIpc) is 2.67. The van der Waals surface area contributed by atoms with Gasteiger partial charge in [-0.15, -0.1) is 0 Å². The van der Waals surface area contributed by atoms with Gasteiger partial charge < -0.3 is 10.2 Å². The van der Waals surface area contributed by atoms with Crippen LogP contribution in [0.4, 0.5) is 11.4 Å². The number of nitrogens with one attached hydrogen (secondary N) is 1. The minimum atomic E-state index is -0.347. The van der Waals surface area contributed by atoms with Crippen LogP contribution in [0.5, 0.6) is 0 Å². The van der Waals surface area contributed by atoms with Gasteiger partial charge in [0.05, 0.1) is 4.92 Å². The number of halogens is 1. The monoisotopic (exact) mass is 341 g/mol. The Kier molecular flexibility index (Phi) is 5.79. The molecule has 1 N–H and O–H groups in total. The topological polar surface area (TPSA) is 58.4 Å². The maximum Gasteiger partial charge on any atom is 0.292 e. The van der Waals surface area contributed by atoms with Crippen molar-refractivity contribution < 1.29 is 4.92 Å². The van der Waals surface area contributed by atoms with Gasteiger partial charge in [-0.3, -0.25) is 10.1 Å². The van der Waals surface area contributed by atoms with Crippen molar-refractivity contribution >= 4 is 27.3 Å². The van der Waals surface area contributed by atoms with Gasteiger partial charge in [-0.1, -0.05) is 28.8 Å². The fourth-order valence-corrected chi connectivity index (χ4v) is 2.88. The molecule has 0 atom stereocenters. The number of anilines is 1. The van der Waals surface area contributed by atoms with Crippen LogP contribution >= 0.6 is 15.9 Å². The quantitative estimate of drug-likeness (QED) is 0.656. The highest BCUT2D eigenvalue weighted by atomic mass is 79.9. The highest BCUT2D eigenvalue weighted by Gasteiger charge is 2.14. The summed E-state index contributed by atoms with van der Waals surface area (Å²) in [5.74, 6) is 0. The van der Waals surface area contributed by atoms with Crippen LogP contribution in [0.25, 0.3) is 0 Å². The molecule has 1 aliphatic rings. The van der Waals surface area contributed by atoms with Gasteiger partial charge in [0.1, 0.15) is 5.69 Å². The minimum Gasteiger partial charge on any atom is -0.378 e. The van der Waals surface area contributed by atoms with E-state index in [0.717, 1.165) is 30.7 Å². The lowest BCUT2D eigenvalue weighted by molar-refractivity contribution is -0.384. The van der Waals surface area contributed by atoms with Crippen molar-refractivity contribution in [2.24, 2.45) is 0 Å². The summed E-state index contributed by atoms with van der Waals surface area (Å²) in [5.41, 5.74) is 0.711. The summed E-state index contributed by atoms with van der Waals surface area (Å²) in [7, 11) is 0. The largest absolute Gasteiger partial charge is 0.378 e. The zero-order chi connectivity index (χ0) is 14.4. The first-order valence-electron chi connectivity index (χ1n) is 7.07. The van der Waals surface area contributed by atoms with Gasteiger partial charge in [0.2, 0.25) is 0 Å². The van der Waals surface area contributed by atoms with Crippen molar-refractivity contribution in [3.63, 3.8) is 0 Å². The highest BCUT2D eigenvalue weighted by Crippen LogP contribution is 2.27. The maximum absolute atomic E-state index is 11.0. The number of hydrogen-bond acceptors (Lipinski definition) is 4. The number of benzene rings is 1. The molecule has 0 radical (unpaired) electrons. The Bertz CT molecular complexity index is 460. The number of nitro benzene ring substituents is 1. The molecule has 20 heavy (non-hydrogen) atoms. The summed E-state index contributed by atoms with van der Waals surface area (Å²) in [6.45, 7) is 3.95. The Labute approximate surface area is 127 Å². The molecule has 0 bridgehead atoms. The maximum atomic E-state index is 11.0. The van der Waals surface area contributed by atoms with Crippen molar-refractivity contribution in [1.82, 2.24) is 4.90 Å². The van der Waals surface area contributed by atoms with E-state index in [0.29, 0.717) is 5.69 Å². The number of nitro groups is 1. The number of rotatable bonds is 5. The summed E-state index contributed by atoms with van der Waals surface area (Å²) >= 11 is 3.35. The smallest absolute Gasteiger partial charge is 0.292 e. The van der Waals surface area contributed by atoms with Gasteiger partial charge in [0.15, 0.2) is 0 Å². The molecule has 0 spiro atoms. The fraction of sp³-hybridized carbons (Fsp3) is 0.571. The summed E-state index contributed by atoms with van der Waals surface area (Å²) in [4.78, 5) is 13.1. The number of likely N-dealkylation sites (tertiary alicyclic amines) is 1. The zero-order valence-corrected chi connectivity index (χ0v) is 13.1. The van der Waals surface area contributed by atoms with Gasteiger partial charge in [-0.2, -0.15) is 0 Å². The standard InChI is InChI=1S/C14H20BrN3O2/c15-12-5-6-14(18(19)20)13(11-12)16-7-10-17-8-3-1-2-4-9-17/h5-6,11,16H,1-4,7-10H2. The van der Waals surface area contributed by atoms with Crippen molar-refractivity contribution in [3.05, 3.63) is 32.8 Å². The van der Waals surface area contributed by atoms with Crippen LogP contribution < -0.4 is 5.32 Å². The van der Waals surface area contributed by atoms with Gasteiger partial charge >= 0.3 is 0 Å². The molecule has 0 aliphatic carbocycles. The molecule has 1 aromatic rings. The molecule has 0 amide bonds. The minimum absolute atomic E-state index is 0.129. The molecular weight excluding hydrogens is 322 g/mol. The molecule has 6 heteroatoms. The Balaban J connectivity index is 1.89. The first-order valence-corrected chi connectivity index (χ1v) is 7.86. The first-order chi connectivity index (χ1) is 9.66. The van der Waals surface area contributed by atoms with Crippen LogP contribution in [0.2, 0.25) is 0 Å². The Morgan fingerprint density at radius 2 is 1.95 bits per heavy atom. The Morgan fingerprint density at radius 1 is 1.25 bits per heavy atom. The normalized spacial score (nSPS) is 16.6. The molecule has 110 valence electrons. The predicted octanol–water partition coefficient (Wildman–Crippen LogP) is 3.65. The average molecular weight is 342 g/mol. The van der Waals surface area contributed by atoms with E-state index >= 15 is 0 Å². The molecule has 1 aromatic carbocycles. The second-order valence-electron chi connectivity index (χ2n) is 5.10. The summed E-state index contributed by atoms with van der Waals surface area (Å²) < 4.78 is 0.848. The van der Waals surface area contributed by atoms with Crippen molar-refractivity contribution in [3.8, 4) is 0 Å². The Morgan fingerprint density at radius 3 is 2.60 bits per heavy atom. The van der Waals surface area contributed by atoms with E-state index < -0.39 is 0 Å². The highest BCUT2D eigenvalue weighted by molar-refractivity contribution is 9.10. The summed E-state index contributed by atoms with van der Waals surface area (Å²) in [6.07, 6.45) is 5.16. The van der Waals surface area contributed by atoms with E-state index in [4.69, 9.17) is 0 Å². The SMILES string of the molecule is O=[N+]([O-])c1ccc(Br)cc1NCCN1CCCCCC1. The molecule has 2 rings (SSSR count). The second kappa shape index (κ2) is 7.59. The van der Waals surface area contributed by atoms with Gasteiger partial charge in [-0.05, 0) is 38.1 Å². The summed E-state index contributed by atoms with van der Waals surface area (Å²) in [6, 6.07) is 4.98. The molecule has 1 fully saturated rings. The Hall–Kier alpha value is -1.14.